The minimum Gasteiger partial charge on any atom is -0.338 e. The molecule has 3 rings (SSSR count). The Hall–Kier alpha value is -3.18. The molecule has 0 aliphatic carbocycles. The number of urea groups is 1. The second-order valence-corrected chi connectivity index (χ2v) is 7.15. The maximum atomic E-state index is 13.1. The molecule has 7 nitrogen and oxygen atoms in total. The lowest BCUT2D eigenvalue weighted by Gasteiger charge is -2.34. The third kappa shape index (κ3) is 6.42. The van der Waals surface area contributed by atoms with Crippen molar-refractivity contribution in [2.75, 3.05) is 50.7 Å². The number of benzene rings is 1. The van der Waals surface area contributed by atoms with Crippen molar-refractivity contribution in [2.45, 2.75) is 13.0 Å². The second kappa shape index (κ2) is 11.1. The van der Waals surface area contributed by atoms with Gasteiger partial charge in [-0.1, -0.05) is 18.1 Å². The molecule has 8 heteroatoms. The molecule has 1 aromatic heterocycles. The first kappa shape index (κ1) is 21.5. The Kier molecular flexibility index (Phi) is 7.98. The summed E-state index contributed by atoms with van der Waals surface area (Å²) in [6, 6.07) is 7.69. The summed E-state index contributed by atoms with van der Waals surface area (Å²) < 4.78 is 13.1. The Balaban J connectivity index is 1.36. The van der Waals surface area contributed by atoms with Crippen LogP contribution in [0, 0.1) is 18.2 Å². The Labute approximate surface area is 176 Å². The van der Waals surface area contributed by atoms with Crippen LogP contribution in [0.1, 0.15) is 12.0 Å². The summed E-state index contributed by atoms with van der Waals surface area (Å²) in [5.74, 6) is 2.98. The van der Waals surface area contributed by atoms with E-state index in [2.05, 4.69) is 31.0 Å². The molecule has 1 aromatic carbocycles. The number of carbonyl (C=O) groups excluding carboxylic acids is 1. The van der Waals surface area contributed by atoms with Crippen LogP contribution in [0.3, 0.4) is 0 Å². The van der Waals surface area contributed by atoms with Crippen LogP contribution in [0.15, 0.2) is 42.7 Å². The number of piperazine rings is 1. The van der Waals surface area contributed by atoms with E-state index in [4.69, 9.17) is 6.42 Å². The molecule has 0 saturated carbocycles. The van der Waals surface area contributed by atoms with Crippen molar-refractivity contribution >= 4 is 12.0 Å². The van der Waals surface area contributed by atoms with Crippen molar-refractivity contribution in [3.05, 3.63) is 54.1 Å². The molecule has 1 aliphatic heterocycles. The van der Waals surface area contributed by atoms with Crippen molar-refractivity contribution < 1.29 is 9.18 Å². The number of rotatable bonds is 8. The van der Waals surface area contributed by atoms with Gasteiger partial charge >= 0.3 is 6.03 Å². The van der Waals surface area contributed by atoms with Gasteiger partial charge < -0.3 is 15.1 Å². The van der Waals surface area contributed by atoms with E-state index in [9.17, 15) is 9.18 Å². The SMILES string of the molecule is C#CCN(Cc1ccc(F)cc1)C(=O)NCCCN1CCN(c2ncccn2)CC1. The fourth-order valence-electron chi connectivity index (χ4n) is 3.36. The zero-order chi connectivity index (χ0) is 21.2. The molecule has 2 amide bonds. The first-order chi connectivity index (χ1) is 14.7. The molecule has 1 N–H and O–H groups in total. The number of hydrogen-bond acceptors (Lipinski definition) is 5. The molecule has 0 spiro atoms. The first-order valence-corrected chi connectivity index (χ1v) is 10.1. The molecule has 158 valence electrons. The molecule has 1 fully saturated rings. The van der Waals surface area contributed by atoms with Crippen molar-refractivity contribution in [3.63, 3.8) is 0 Å². The van der Waals surface area contributed by atoms with E-state index in [0.717, 1.165) is 50.7 Å². The van der Waals surface area contributed by atoms with Crippen molar-refractivity contribution in [1.29, 1.82) is 0 Å². The molecule has 0 unspecified atom stereocenters. The van der Waals surface area contributed by atoms with Crippen LogP contribution < -0.4 is 10.2 Å². The van der Waals surface area contributed by atoms with Gasteiger partial charge in [0.1, 0.15) is 5.82 Å². The molecule has 0 bridgehead atoms. The average molecular weight is 410 g/mol. The molecule has 2 aromatic rings. The number of hydrogen-bond donors (Lipinski definition) is 1. The van der Waals surface area contributed by atoms with Gasteiger partial charge in [-0.05, 0) is 36.7 Å². The van der Waals surface area contributed by atoms with Gasteiger partial charge in [-0.15, -0.1) is 6.42 Å². The minimum atomic E-state index is -0.302. The Morgan fingerprint density at radius 1 is 1.17 bits per heavy atom. The number of amides is 2. The van der Waals surface area contributed by atoms with Gasteiger partial charge in [0.25, 0.3) is 0 Å². The van der Waals surface area contributed by atoms with Gasteiger partial charge in [-0.25, -0.2) is 19.2 Å². The molecule has 2 heterocycles. The minimum absolute atomic E-state index is 0.201. The molecule has 30 heavy (non-hydrogen) atoms. The summed E-state index contributed by atoms with van der Waals surface area (Å²) in [4.78, 5) is 27.2. The van der Waals surface area contributed by atoms with E-state index in [1.165, 1.54) is 12.1 Å². The fraction of sp³-hybridized carbons (Fsp3) is 0.409. The van der Waals surface area contributed by atoms with Crippen LogP contribution in [0.2, 0.25) is 0 Å². The van der Waals surface area contributed by atoms with E-state index in [1.807, 2.05) is 6.07 Å². The lowest BCUT2D eigenvalue weighted by molar-refractivity contribution is 0.200. The molecule has 0 atom stereocenters. The monoisotopic (exact) mass is 410 g/mol. The van der Waals surface area contributed by atoms with Crippen LogP contribution in [0.5, 0.6) is 0 Å². The van der Waals surface area contributed by atoms with Crippen LogP contribution in [-0.4, -0.2) is 71.6 Å². The maximum Gasteiger partial charge on any atom is 0.318 e. The van der Waals surface area contributed by atoms with Crippen LogP contribution in [0.4, 0.5) is 15.1 Å². The number of halogens is 1. The highest BCUT2D eigenvalue weighted by Crippen LogP contribution is 2.10. The van der Waals surface area contributed by atoms with Gasteiger partial charge in [0, 0.05) is 51.7 Å². The highest BCUT2D eigenvalue weighted by atomic mass is 19.1. The molecular weight excluding hydrogens is 383 g/mol. The van der Waals surface area contributed by atoms with Crippen molar-refractivity contribution in [3.8, 4) is 12.3 Å². The number of aromatic nitrogens is 2. The molecule has 1 aliphatic rings. The van der Waals surface area contributed by atoms with Gasteiger partial charge in [-0.2, -0.15) is 0 Å². The van der Waals surface area contributed by atoms with Gasteiger partial charge in [0.05, 0.1) is 6.54 Å². The van der Waals surface area contributed by atoms with Gasteiger partial charge in [0.15, 0.2) is 0 Å². The number of nitrogens with one attached hydrogen (secondary N) is 1. The first-order valence-electron chi connectivity index (χ1n) is 10.1. The summed E-state index contributed by atoms with van der Waals surface area (Å²) in [6.45, 7) is 5.71. The van der Waals surface area contributed by atoms with E-state index < -0.39 is 0 Å². The van der Waals surface area contributed by atoms with Crippen LogP contribution >= 0.6 is 0 Å². The smallest absolute Gasteiger partial charge is 0.318 e. The second-order valence-electron chi connectivity index (χ2n) is 7.15. The number of nitrogens with zero attached hydrogens (tertiary/aromatic N) is 5. The summed E-state index contributed by atoms with van der Waals surface area (Å²) >= 11 is 0. The molecule has 1 saturated heterocycles. The predicted octanol–water partition coefficient (Wildman–Crippen LogP) is 1.97. The standard InChI is InChI=1S/C22H27FN6O/c1-2-12-29(18-19-5-7-20(23)8-6-19)22(30)26-11-4-13-27-14-16-28(17-15-27)21-24-9-3-10-25-21/h1,3,5-10H,4,11-18H2,(H,26,30). The van der Waals surface area contributed by atoms with Gasteiger partial charge in [0.2, 0.25) is 5.95 Å². The molecule has 0 radical (unpaired) electrons. The maximum absolute atomic E-state index is 13.1. The molecular formula is C22H27FN6O. The number of carbonyl (C=O) groups is 1. The lowest BCUT2D eigenvalue weighted by Crippen LogP contribution is -2.47. The van der Waals surface area contributed by atoms with Gasteiger partial charge in [-0.3, -0.25) is 4.90 Å². The van der Waals surface area contributed by atoms with Crippen LogP contribution in [-0.2, 0) is 6.54 Å². The van der Waals surface area contributed by atoms with Crippen molar-refractivity contribution in [2.24, 2.45) is 0 Å². The summed E-state index contributed by atoms with van der Waals surface area (Å²) in [6.07, 6.45) is 9.78. The van der Waals surface area contributed by atoms with E-state index in [-0.39, 0.29) is 18.4 Å². The summed E-state index contributed by atoms with van der Waals surface area (Å²) in [7, 11) is 0. The Morgan fingerprint density at radius 2 is 1.87 bits per heavy atom. The fourth-order valence-corrected chi connectivity index (χ4v) is 3.36. The lowest BCUT2D eigenvalue weighted by atomic mass is 10.2. The normalized spacial score (nSPS) is 14.2. The average Bonchev–Trinajstić information content (AvgIpc) is 2.79. The number of terminal acetylenes is 1. The van der Waals surface area contributed by atoms with E-state index in [0.29, 0.717) is 13.1 Å². The third-order valence-electron chi connectivity index (χ3n) is 4.99. The Morgan fingerprint density at radius 3 is 2.53 bits per heavy atom. The highest BCUT2D eigenvalue weighted by Gasteiger charge is 2.18. The van der Waals surface area contributed by atoms with E-state index in [1.54, 1.807) is 29.4 Å². The number of anilines is 1. The Bertz CT molecular complexity index is 831. The zero-order valence-electron chi connectivity index (χ0n) is 17.0. The van der Waals surface area contributed by atoms with Crippen LogP contribution in [0.25, 0.3) is 0 Å². The zero-order valence-corrected chi connectivity index (χ0v) is 17.0. The quantitative estimate of drug-likeness (QED) is 0.533. The summed E-state index contributed by atoms with van der Waals surface area (Å²) in [5, 5.41) is 2.93. The largest absolute Gasteiger partial charge is 0.338 e. The summed E-state index contributed by atoms with van der Waals surface area (Å²) in [5.41, 5.74) is 0.835. The third-order valence-corrected chi connectivity index (χ3v) is 4.99. The van der Waals surface area contributed by atoms with E-state index >= 15 is 0 Å². The predicted molar refractivity (Wildman–Crippen MR) is 114 cm³/mol. The highest BCUT2D eigenvalue weighted by molar-refractivity contribution is 5.74. The topological polar surface area (TPSA) is 64.6 Å². The van der Waals surface area contributed by atoms with Crippen molar-refractivity contribution in [1.82, 2.24) is 25.1 Å².